The Morgan fingerprint density at radius 1 is 1.29 bits per heavy atom. The van der Waals surface area contributed by atoms with Crippen molar-refractivity contribution in [2.45, 2.75) is 25.2 Å². The van der Waals surface area contributed by atoms with Gasteiger partial charge in [0, 0.05) is 17.8 Å². The molecule has 3 aromatic rings. The maximum absolute atomic E-state index is 12.8. The molecule has 0 saturated heterocycles. The fourth-order valence-electron chi connectivity index (χ4n) is 2.84. The number of anilines is 4. The minimum absolute atomic E-state index is 0.0160. The Morgan fingerprint density at radius 2 is 2.06 bits per heavy atom. The minimum atomic E-state index is -4.97. The van der Waals surface area contributed by atoms with Crippen LogP contribution in [0.1, 0.15) is 18.5 Å². The van der Waals surface area contributed by atoms with E-state index in [4.69, 9.17) is 5.11 Å². The van der Waals surface area contributed by atoms with Crippen LogP contribution in [0.4, 0.5) is 40.8 Å². The molecule has 2 heterocycles. The summed E-state index contributed by atoms with van der Waals surface area (Å²) in [7, 11) is 0. The number of benzene rings is 1. The van der Waals surface area contributed by atoms with Gasteiger partial charge in [0.2, 0.25) is 0 Å². The highest BCUT2D eigenvalue weighted by Gasteiger charge is 2.32. The third-order valence-corrected chi connectivity index (χ3v) is 4.24. The van der Waals surface area contributed by atoms with E-state index in [1.54, 1.807) is 0 Å². The second kappa shape index (κ2) is 7.56. The van der Waals surface area contributed by atoms with Crippen LogP contribution < -0.4 is 20.7 Å². The van der Waals surface area contributed by atoms with Crippen LogP contribution in [0.15, 0.2) is 30.5 Å². The van der Waals surface area contributed by atoms with E-state index in [2.05, 4.69) is 30.8 Å². The number of nitriles is 1. The quantitative estimate of drug-likeness (QED) is 0.459. The molecular formula is C18H14F3N7O3. The Morgan fingerprint density at radius 3 is 2.71 bits per heavy atom. The summed E-state index contributed by atoms with van der Waals surface area (Å²) in [4.78, 5) is 15.1. The van der Waals surface area contributed by atoms with Crippen LogP contribution in [0.2, 0.25) is 0 Å². The molecule has 0 aliphatic heterocycles. The number of ether oxygens (including phenoxy) is 1. The molecule has 0 spiro atoms. The lowest BCUT2D eigenvalue weighted by atomic mass is 10.2. The molecule has 31 heavy (non-hydrogen) atoms. The van der Waals surface area contributed by atoms with Gasteiger partial charge in [-0.25, -0.2) is 9.78 Å². The van der Waals surface area contributed by atoms with E-state index in [1.807, 2.05) is 6.07 Å². The number of amides is 1. The molecule has 1 aliphatic carbocycles. The standard InChI is InChI=1S/C18H14F3N7O3/c19-18(20,21)31-14-4-3-10(25-17(29)30)5-12(14)26-15-6-13(24-9-1-2-9)16-23-8-11(7-22)28(16)27-15/h3-6,8-9,24-25H,1-2H2,(H,26,27)(H,29,30). The number of nitrogens with zero attached hydrogens (tertiary/aromatic N) is 4. The molecule has 0 bridgehead atoms. The zero-order valence-electron chi connectivity index (χ0n) is 15.6. The van der Waals surface area contributed by atoms with E-state index in [-0.39, 0.29) is 28.9 Å². The topological polar surface area (TPSA) is 137 Å². The Kier molecular flexibility index (Phi) is 4.90. The average molecular weight is 433 g/mol. The number of alkyl halides is 3. The zero-order chi connectivity index (χ0) is 22.2. The van der Waals surface area contributed by atoms with Crippen molar-refractivity contribution in [3.8, 4) is 11.8 Å². The van der Waals surface area contributed by atoms with E-state index in [1.165, 1.54) is 16.8 Å². The number of fused-ring (bicyclic) bond motifs is 1. The van der Waals surface area contributed by atoms with Crippen LogP contribution in [-0.4, -0.2) is 38.2 Å². The summed E-state index contributed by atoms with van der Waals surface area (Å²) in [6, 6.07) is 6.94. The molecule has 1 fully saturated rings. The number of hydrogen-bond donors (Lipinski definition) is 4. The number of imidazole rings is 1. The molecule has 2 aromatic heterocycles. The fraction of sp³-hybridized carbons (Fsp3) is 0.222. The van der Waals surface area contributed by atoms with Crippen LogP contribution >= 0.6 is 0 Å². The molecule has 160 valence electrons. The van der Waals surface area contributed by atoms with E-state index in [0.717, 1.165) is 31.0 Å². The minimum Gasteiger partial charge on any atom is -0.465 e. The number of hydrogen-bond acceptors (Lipinski definition) is 7. The molecule has 0 radical (unpaired) electrons. The lowest BCUT2D eigenvalue weighted by Gasteiger charge is -2.16. The summed E-state index contributed by atoms with van der Waals surface area (Å²) in [6.45, 7) is 0. The molecule has 4 N–H and O–H groups in total. The number of carbonyl (C=O) groups is 1. The van der Waals surface area contributed by atoms with Gasteiger partial charge < -0.3 is 20.5 Å². The van der Waals surface area contributed by atoms with Crippen molar-refractivity contribution in [1.82, 2.24) is 14.6 Å². The first-order chi connectivity index (χ1) is 14.7. The number of rotatable bonds is 6. The molecule has 13 heteroatoms. The third-order valence-electron chi connectivity index (χ3n) is 4.24. The predicted octanol–water partition coefficient (Wildman–Crippen LogP) is 3.91. The van der Waals surface area contributed by atoms with E-state index in [9.17, 15) is 23.2 Å². The van der Waals surface area contributed by atoms with Gasteiger partial charge in [0.05, 0.1) is 17.6 Å². The van der Waals surface area contributed by atoms with Crippen LogP contribution in [0.25, 0.3) is 5.65 Å². The number of halogens is 3. The molecule has 4 rings (SSSR count). The molecular weight excluding hydrogens is 419 g/mol. The van der Waals surface area contributed by atoms with Crippen LogP contribution in [-0.2, 0) is 0 Å². The summed E-state index contributed by atoms with van der Waals surface area (Å²) in [5.74, 6) is -0.502. The maximum atomic E-state index is 12.8. The van der Waals surface area contributed by atoms with Gasteiger partial charge in [0.25, 0.3) is 0 Å². The third kappa shape index (κ3) is 4.69. The van der Waals surface area contributed by atoms with Crippen molar-refractivity contribution in [2.75, 3.05) is 16.0 Å². The summed E-state index contributed by atoms with van der Waals surface area (Å²) in [5.41, 5.74) is 0.890. The number of carboxylic acid groups (broad SMARTS) is 1. The Balaban J connectivity index is 1.76. The maximum Gasteiger partial charge on any atom is 0.573 e. The highest BCUT2D eigenvalue weighted by Crippen LogP contribution is 2.35. The van der Waals surface area contributed by atoms with Gasteiger partial charge >= 0.3 is 12.5 Å². The second-order valence-electron chi connectivity index (χ2n) is 6.67. The first-order valence-electron chi connectivity index (χ1n) is 8.94. The van der Waals surface area contributed by atoms with Crippen molar-refractivity contribution in [3.05, 3.63) is 36.2 Å². The van der Waals surface area contributed by atoms with Gasteiger partial charge in [-0.15, -0.1) is 18.3 Å². The number of aromatic nitrogens is 3. The molecule has 1 aromatic carbocycles. The highest BCUT2D eigenvalue weighted by molar-refractivity contribution is 5.85. The van der Waals surface area contributed by atoms with Crippen LogP contribution in [0, 0.1) is 11.3 Å². The molecule has 0 atom stereocenters. The van der Waals surface area contributed by atoms with Gasteiger partial charge in [-0.2, -0.15) is 9.78 Å². The summed E-state index contributed by atoms with van der Waals surface area (Å²) in [6.07, 6.45) is -3.11. The summed E-state index contributed by atoms with van der Waals surface area (Å²) < 4.78 is 43.7. The van der Waals surface area contributed by atoms with E-state index < -0.39 is 18.2 Å². The summed E-state index contributed by atoms with van der Waals surface area (Å²) in [5, 5.41) is 30.4. The lowest BCUT2D eigenvalue weighted by Crippen LogP contribution is -2.18. The van der Waals surface area contributed by atoms with Gasteiger partial charge in [-0.05, 0) is 31.0 Å². The Labute approximate surface area is 172 Å². The smallest absolute Gasteiger partial charge is 0.465 e. The lowest BCUT2D eigenvalue weighted by molar-refractivity contribution is -0.274. The molecule has 1 saturated carbocycles. The van der Waals surface area contributed by atoms with Crippen molar-refractivity contribution in [3.63, 3.8) is 0 Å². The van der Waals surface area contributed by atoms with Crippen molar-refractivity contribution < 1.29 is 27.8 Å². The van der Waals surface area contributed by atoms with Gasteiger partial charge in [0.1, 0.15) is 6.07 Å². The second-order valence-corrected chi connectivity index (χ2v) is 6.67. The van der Waals surface area contributed by atoms with Gasteiger partial charge in [-0.3, -0.25) is 5.32 Å². The SMILES string of the molecule is N#Cc1cnc2c(NC3CC3)cc(Nc3cc(NC(=O)O)ccc3OC(F)(F)F)nn12. The monoisotopic (exact) mass is 433 g/mol. The normalized spacial score (nSPS) is 13.5. The van der Waals surface area contributed by atoms with Gasteiger partial charge in [0.15, 0.2) is 22.9 Å². The van der Waals surface area contributed by atoms with Crippen molar-refractivity contribution in [1.29, 1.82) is 5.26 Å². The fourth-order valence-corrected chi connectivity index (χ4v) is 2.84. The van der Waals surface area contributed by atoms with Crippen LogP contribution in [0.3, 0.4) is 0 Å². The largest absolute Gasteiger partial charge is 0.573 e. The summed E-state index contributed by atoms with van der Waals surface area (Å²) >= 11 is 0. The molecule has 1 aliphatic rings. The van der Waals surface area contributed by atoms with Crippen molar-refractivity contribution >= 4 is 34.6 Å². The number of nitrogens with one attached hydrogen (secondary N) is 3. The predicted molar refractivity (Wildman–Crippen MR) is 102 cm³/mol. The Bertz CT molecular complexity index is 1200. The molecule has 1 amide bonds. The van der Waals surface area contributed by atoms with E-state index in [0.29, 0.717) is 11.3 Å². The highest BCUT2D eigenvalue weighted by atomic mass is 19.4. The first kappa shape index (κ1) is 20.1. The van der Waals surface area contributed by atoms with Gasteiger partial charge in [-0.1, -0.05) is 0 Å². The zero-order valence-corrected chi connectivity index (χ0v) is 15.6. The molecule has 0 unspecified atom stereocenters. The van der Waals surface area contributed by atoms with Crippen molar-refractivity contribution in [2.24, 2.45) is 0 Å². The molecule has 10 nitrogen and oxygen atoms in total. The Hall–Kier alpha value is -4.21. The average Bonchev–Trinajstić information content (AvgIpc) is 3.39. The van der Waals surface area contributed by atoms with E-state index >= 15 is 0 Å². The van der Waals surface area contributed by atoms with Crippen LogP contribution in [0.5, 0.6) is 5.75 Å². The first-order valence-corrected chi connectivity index (χ1v) is 8.94.